The van der Waals surface area contributed by atoms with Crippen LogP contribution in [-0.4, -0.2) is 16.8 Å². The smallest absolute Gasteiger partial charge is 0.241 e. The number of fused-ring (bicyclic) bond motifs is 3. The van der Waals surface area contributed by atoms with Crippen molar-refractivity contribution in [3.05, 3.63) is 73.1 Å². The van der Waals surface area contributed by atoms with E-state index in [0.29, 0.717) is 23.0 Å². The normalized spacial score (nSPS) is 13.9. The van der Waals surface area contributed by atoms with Gasteiger partial charge in [-0.05, 0) is 29.7 Å². The Bertz CT molecular complexity index is 1210. The van der Waals surface area contributed by atoms with E-state index in [2.05, 4.69) is 10.3 Å². The molecular formula is C22H15N3O3. The van der Waals surface area contributed by atoms with Crippen molar-refractivity contribution in [1.29, 1.82) is 0 Å². The number of aromatic nitrogens is 1. The summed E-state index contributed by atoms with van der Waals surface area (Å²) in [6, 6.07) is 18.9. The van der Waals surface area contributed by atoms with E-state index in [9.17, 15) is 9.59 Å². The van der Waals surface area contributed by atoms with Crippen LogP contribution < -0.4 is 10.2 Å². The van der Waals surface area contributed by atoms with Crippen LogP contribution in [0.3, 0.4) is 0 Å². The maximum absolute atomic E-state index is 12.9. The minimum atomic E-state index is -0.325. The van der Waals surface area contributed by atoms with E-state index in [4.69, 9.17) is 4.42 Å². The molecule has 0 radical (unpaired) electrons. The van der Waals surface area contributed by atoms with E-state index in [-0.39, 0.29) is 18.2 Å². The molecule has 1 aliphatic rings. The average molecular weight is 369 g/mol. The predicted molar refractivity (Wildman–Crippen MR) is 106 cm³/mol. The van der Waals surface area contributed by atoms with Crippen LogP contribution in [0.5, 0.6) is 0 Å². The molecule has 2 amide bonds. The van der Waals surface area contributed by atoms with E-state index in [1.54, 1.807) is 11.1 Å². The lowest BCUT2D eigenvalue weighted by molar-refractivity contribution is -0.124. The SMILES string of the molecule is O=C1CC(=O)N(c2cccc(-c3ncco3)c2)c2ccc3ccccc3c2N1. The van der Waals surface area contributed by atoms with Gasteiger partial charge in [-0.2, -0.15) is 0 Å². The van der Waals surface area contributed by atoms with Gasteiger partial charge in [0.2, 0.25) is 17.7 Å². The molecule has 0 aliphatic carbocycles. The van der Waals surface area contributed by atoms with Crippen LogP contribution in [0.1, 0.15) is 6.42 Å². The van der Waals surface area contributed by atoms with Gasteiger partial charge in [0, 0.05) is 16.6 Å². The fraction of sp³-hybridized carbons (Fsp3) is 0.0455. The highest BCUT2D eigenvalue weighted by molar-refractivity contribution is 6.21. The van der Waals surface area contributed by atoms with Gasteiger partial charge in [-0.25, -0.2) is 4.98 Å². The Kier molecular flexibility index (Phi) is 3.69. The van der Waals surface area contributed by atoms with Crippen LogP contribution >= 0.6 is 0 Å². The summed E-state index contributed by atoms with van der Waals surface area (Å²) in [5, 5.41) is 4.78. The Morgan fingerprint density at radius 3 is 2.75 bits per heavy atom. The summed E-state index contributed by atoms with van der Waals surface area (Å²) >= 11 is 0. The fourth-order valence-electron chi connectivity index (χ4n) is 3.54. The molecule has 3 aromatic carbocycles. The molecule has 136 valence electrons. The Morgan fingerprint density at radius 1 is 1.00 bits per heavy atom. The minimum Gasteiger partial charge on any atom is -0.445 e. The third-order valence-corrected chi connectivity index (χ3v) is 4.76. The lowest BCUT2D eigenvalue weighted by atomic mass is 10.1. The second kappa shape index (κ2) is 6.35. The molecule has 0 fully saturated rings. The van der Waals surface area contributed by atoms with E-state index in [1.807, 2.05) is 60.7 Å². The molecule has 6 nitrogen and oxygen atoms in total. The summed E-state index contributed by atoms with van der Waals surface area (Å²) in [6.07, 6.45) is 2.85. The second-order valence-electron chi connectivity index (χ2n) is 6.52. The molecule has 0 saturated heterocycles. The molecule has 0 bridgehead atoms. The first-order chi connectivity index (χ1) is 13.7. The fourth-order valence-corrected chi connectivity index (χ4v) is 3.54. The van der Waals surface area contributed by atoms with E-state index in [0.717, 1.165) is 16.3 Å². The molecule has 28 heavy (non-hydrogen) atoms. The lowest BCUT2D eigenvalue weighted by Gasteiger charge is -2.23. The van der Waals surface area contributed by atoms with Gasteiger partial charge >= 0.3 is 0 Å². The van der Waals surface area contributed by atoms with Crippen molar-refractivity contribution in [2.75, 3.05) is 10.2 Å². The summed E-state index contributed by atoms with van der Waals surface area (Å²) in [4.78, 5) is 31.0. The average Bonchev–Trinajstić information content (AvgIpc) is 3.20. The van der Waals surface area contributed by atoms with Crippen molar-refractivity contribution in [3.63, 3.8) is 0 Å². The van der Waals surface area contributed by atoms with Crippen LogP contribution in [0.25, 0.3) is 22.2 Å². The summed E-state index contributed by atoms with van der Waals surface area (Å²) in [7, 11) is 0. The van der Waals surface area contributed by atoms with Gasteiger partial charge in [-0.3, -0.25) is 14.5 Å². The predicted octanol–water partition coefficient (Wildman–Crippen LogP) is 4.50. The molecule has 1 aliphatic heterocycles. The van der Waals surface area contributed by atoms with Gasteiger partial charge in [0.05, 0.1) is 17.6 Å². The topological polar surface area (TPSA) is 75.4 Å². The zero-order valence-electron chi connectivity index (χ0n) is 14.8. The highest BCUT2D eigenvalue weighted by atomic mass is 16.3. The van der Waals surface area contributed by atoms with E-state index < -0.39 is 0 Å². The Balaban J connectivity index is 1.72. The first-order valence-corrected chi connectivity index (χ1v) is 8.85. The number of hydrogen-bond donors (Lipinski definition) is 1. The third kappa shape index (κ3) is 2.63. The zero-order valence-corrected chi connectivity index (χ0v) is 14.8. The number of carbonyl (C=O) groups is 2. The number of rotatable bonds is 2. The molecule has 2 heterocycles. The Morgan fingerprint density at radius 2 is 1.89 bits per heavy atom. The second-order valence-corrected chi connectivity index (χ2v) is 6.52. The largest absolute Gasteiger partial charge is 0.445 e. The number of hydrogen-bond acceptors (Lipinski definition) is 4. The quantitative estimate of drug-likeness (QED) is 0.528. The van der Waals surface area contributed by atoms with Crippen molar-refractivity contribution >= 4 is 39.6 Å². The van der Waals surface area contributed by atoms with Gasteiger partial charge in [-0.1, -0.05) is 36.4 Å². The maximum atomic E-state index is 12.9. The summed E-state index contributed by atoms with van der Waals surface area (Å²) < 4.78 is 5.38. The maximum Gasteiger partial charge on any atom is 0.241 e. The highest BCUT2D eigenvalue weighted by Crippen LogP contribution is 2.40. The molecule has 1 N–H and O–H groups in total. The molecule has 0 unspecified atom stereocenters. The van der Waals surface area contributed by atoms with Crippen LogP contribution in [0.2, 0.25) is 0 Å². The van der Waals surface area contributed by atoms with Gasteiger partial charge < -0.3 is 9.73 Å². The van der Waals surface area contributed by atoms with Gasteiger partial charge in [-0.15, -0.1) is 0 Å². The molecule has 0 atom stereocenters. The van der Waals surface area contributed by atoms with Crippen LogP contribution in [0.15, 0.2) is 77.5 Å². The molecular weight excluding hydrogens is 354 g/mol. The van der Waals surface area contributed by atoms with Crippen LogP contribution in [0, 0.1) is 0 Å². The number of oxazole rings is 1. The van der Waals surface area contributed by atoms with Gasteiger partial charge in [0.15, 0.2) is 0 Å². The van der Waals surface area contributed by atoms with E-state index in [1.165, 1.54) is 6.26 Å². The lowest BCUT2D eigenvalue weighted by Crippen LogP contribution is -2.26. The van der Waals surface area contributed by atoms with Crippen molar-refractivity contribution in [3.8, 4) is 11.5 Å². The molecule has 5 rings (SSSR count). The molecule has 4 aromatic rings. The van der Waals surface area contributed by atoms with Crippen LogP contribution in [0.4, 0.5) is 17.1 Å². The number of amides is 2. The number of anilines is 3. The standard InChI is InChI=1S/C22H15N3O3/c26-19-13-20(27)25(16-6-3-5-15(12-16)22-23-10-11-28-22)18-9-8-14-4-1-2-7-17(14)21(18)24-19/h1-12H,13H2,(H,24,26). The van der Waals surface area contributed by atoms with Gasteiger partial charge in [0.25, 0.3) is 0 Å². The summed E-state index contributed by atoms with van der Waals surface area (Å²) in [5.41, 5.74) is 2.67. The minimum absolute atomic E-state index is 0.230. The molecule has 6 heteroatoms. The van der Waals surface area contributed by atoms with E-state index >= 15 is 0 Å². The Hall–Kier alpha value is -3.93. The number of carbonyl (C=O) groups excluding carboxylic acids is 2. The summed E-state index contributed by atoms with van der Waals surface area (Å²) in [6.45, 7) is 0. The van der Waals surface area contributed by atoms with Gasteiger partial charge in [0.1, 0.15) is 12.7 Å². The highest BCUT2D eigenvalue weighted by Gasteiger charge is 2.29. The monoisotopic (exact) mass is 369 g/mol. The van der Waals surface area contributed by atoms with Crippen molar-refractivity contribution in [2.45, 2.75) is 6.42 Å². The first-order valence-electron chi connectivity index (χ1n) is 8.85. The first kappa shape index (κ1) is 16.3. The molecule has 0 saturated carbocycles. The van der Waals surface area contributed by atoms with Crippen molar-refractivity contribution < 1.29 is 14.0 Å². The number of benzene rings is 3. The third-order valence-electron chi connectivity index (χ3n) is 4.76. The zero-order chi connectivity index (χ0) is 19.1. The number of nitrogens with one attached hydrogen (secondary N) is 1. The molecule has 0 spiro atoms. The Labute approximate surface area is 160 Å². The molecule has 1 aromatic heterocycles. The van der Waals surface area contributed by atoms with Crippen LogP contribution in [-0.2, 0) is 9.59 Å². The van der Waals surface area contributed by atoms with Crippen molar-refractivity contribution in [2.24, 2.45) is 0 Å². The van der Waals surface area contributed by atoms with Crippen molar-refractivity contribution in [1.82, 2.24) is 4.98 Å². The summed E-state index contributed by atoms with van der Waals surface area (Å²) in [5.74, 6) is -0.151. The number of nitrogens with zero attached hydrogens (tertiary/aromatic N) is 2.